The first kappa shape index (κ1) is 20.1. The van der Waals surface area contributed by atoms with E-state index in [0.29, 0.717) is 12.1 Å². The van der Waals surface area contributed by atoms with Crippen molar-refractivity contribution in [3.63, 3.8) is 0 Å². The summed E-state index contributed by atoms with van der Waals surface area (Å²) >= 11 is 3.40. The lowest BCUT2D eigenvalue weighted by Gasteiger charge is -2.15. The Hall–Kier alpha value is -3.18. The summed E-state index contributed by atoms with van der Waals surface area (Å²) in [5.74, 6) is 0.716. The summed E-state index contributed by atoms with van der Waals surface area (Å²) < 4.78 is 3.10. The first-order valence-corrected chi connectivity index (χ1v) is 10.6. The van der Waals surface area contributed by atoms with E-state index >= 15 is 0 Å². The predicted octanol–water partition coefficient (Wildman–Crippen LogP) is 6.00. The zero-order valence-corrected chi connectivity index (χ0v) is 18.2. The Morgan fingerprint density at radius 3 is 2.50 bits per heavy atom. The van der Waals surface area contributed by atoms with E-state index in [0.717, 1.165) is 26.9 Å². The highest BCUT2D eigenvalue weighted by Gasteiger charge is 2.18. The maximum atomic E-state index is 12.7. The molecule has 0 fully saturated rings. The lowest BCUT2D eigenvalue weighted by Crippen LogP contribution is -2.28. The van der Waals surface area contributed by atoms with Gasteiger partial charge in [-0.05, 0) is 48.9 Å². The van der Waals surface area contributed by atoms with Crippen molar-refractivity contribution in [2.45, 2.75) is 19.5 Å². The van der Waals surface area contributed by atoms with Crippen LogP contribution in [0, 0.1) is 0 Å². The number of rotatable bonds is 6. The van der Waals surface area contributed by atoms with E-state index < -0.39 is 0 Å². The van der Waals surface area contributed by atoms with Gasteiger partial charge in [0.1, 0.15) is 5.82 Å². The minimum Gasteiger partial charge on any atom is -0.342 e. The van der Waals surface area contributed by atoms with Crippen LogP contribution in [-0.4, -0.2) is 15.5 Å². The molecular formula is C25H22BrN3O. The molecule has 3 aromatic carbocycles. The molecule has 150 valence electrons. The molecule has 0 spiro atoms. The number of para-hydroxylation sites is 2. The van der Waals surface area contributed by atoms with Crippen molar-refractivity contribution in [3.05, 3.63) is 106 Å². The molecule has 0 radical (unpaired) electrons. The van der Waals surface area contributed by atoms with Crippen molar-refractivity contribution in [2.75, 3.05) is 0 Å². The summed E-state index contributed by atoms with van der Waals surface area (Å²) in [7, 11) is 0. The van der Waals surface area contributed by atoms with Crippen molar-refractivity contribution < 1.29 is 4.79 Å². The lowest BCUT2D eigenvalue weighted by atomic mass is 10.2. The Labute approximate surface area is 184 Å². The molecule has 30 heavy (non-hydrogen) atoms. The zero-order valence-electron chi connectivity index (χ0n) is 16.6. The Morgan fingerprint density at radius 2 is 1.73 bits per heavy atom. The summed E-state index contributed by atoms with van der Waals surface area (Å²) in [5.41, 5.74) is 3.75. The molecule has 4 aromatic rings. The fraction of sp³-hybridized carbons (Fsp3) is 0.120. The van der Waals surface area contributed by atoms with Crippen molar-refractivity contribution in [1.82, 2.24) is 14.9 Å². The zero-order chi connectivity index (χ0) is 20.9. The second-order valence-corrected chi connectivity index (χ2v) is 8.00. The topological polar surface area (TPSA) is 46.9 Å². The highest BCUT2D eigenvalue weighted by molar-refractivity contribution is 9.10. The van der Waals surface area contributed by atoms with Gasteiger partial charge in [0.05, 0.1) is 17.1 Å². The van der Waals surface area contributed by atoms with Crippen LogP contribution in [0.1, 0.15) is 34.7 Å². The number of allylic oxidation sites excluding steroid dienone is 1. The maximum absolute atomic E-state index is 12.7. The summed E-state index contributed by atoms with van der Waals surface area (Å²) in [4.78, 5) is 17.5. The molecule has 4 rings (SSSR count). The smallest absolute Gasteiger partial charge is 0.251 e. The molecule has 1 unspecified atom stereocenters. The van der Waals surface area contributed by atoms with Crippen LogP contribution < -0.4 is 5.32 Å². The minimum atomic E-state index is -0.237. The number of amides is 1. The number of carbonyl (C=O) groups is 1. The van der Waals surface area contributed by atoms with E-state index in [4.69, 9.17) is 4.98 Å². The van der Waals surface area contributed by atoms with Gasteiger partial charge in [0.25, 0.3) is 5.91 Å². The summed E-state index contributed by atoms with van der Waals surface area (Å²) in [6.45, 7) is 2.64. The Kier molecular flexibility index (Phi) is 6.10. The number of nitrogens with one attached hydrogen (secondary N) is 1. The van der Waals surface area contributed by atoms with Crippen molar-refractivity contribution in [1.29, 1.82) is 0 Å². The fourth-order valence-electron chi connectivity index (χ4n) is 3.42. The largest absolute Gasteiger partial charge is 0.342 e. The first-order chi connectivity index (χ1) is 14.6. The third-order valence-corrected chi connectivity index (χ3v) is 5.45. The average molecular weight is 460 g/mol. The van der Waals surface area contributed by atoms with Crippen LogP contribution in [-0.2, 0) is 6.54 Å². The number of imidazole rings is 1. The molecule has 5 heteroatoms. The molecule has 0 bridgehead atoms. The monoisotopic (exact) mass is 459 g/mol. The highest BCUT2D eigenvalue weighted by Crippen LogP contribution is 2.22. The minimum absolute atomic E-state index is 0.117. The molecular weight excluding hydrogens is 438 g/mol. The van der Waals surface area contributed by atoms with Gasteiger partial charge in [0.15, 0.2) is 0 Å². The van der Waals surface area contributed by atoms with Gasteiger partial charge in [-0.1, -0.05) is 70.5 Å². The number of carbonyl (C=O) groups excluding carboxylic acids is 1. The normalized spacial score (nSPS) is 12.3. The molecule has 0 saturated heterocycles. The molecule has 0 saturated carbocycles. The summed E-state index contributed by atoms with van der Waals surface area (Å²) in [6.07, 6.45) is 4.22. The van der Waals surface area contributed by atoms with E-state index in [9.17, 15) is 4.79 Å². The molecule has 1 aromatic heterocycles. The van der Waals surface area contributed by atoms with E-state index in [1.54, 1.807) is 12.1 Å². The van der Waals surface area contributed by atoms with Crippen LogP contribution >= 0.6 is 15.9 Å². The Balaban J connectivity index is 1.59. The third kappa shape index (κ3) is 4.52. The van der Waals surface area contributed by atoms with Crippen LogP contribution in [0.3, 0.4) is 0 Å². The van der Waals surface area contributed by atoms with Crippen LogP contribution in [0.25, 0.3) is 17.1 Å². The van der Waals surface area contributed by atoms with Crippen LogP contribution in [0.2, 0.25) is 0 Å². The molecule has 0 aliphatic heterocycles. The SMILES string of the molecule is CC(NC(=O)c1ccc(Br)cc1)c1nc2ccccc2n1C/C=C/c1ccccc1. The van der Waals surface area contributed by atoms with Crippen LogP contribution in [0.15, 0.2) is 89.4 Å². The van der Waals surface area contributed by atoms with Gasteiger partial charge in [-0.2, -0.15) is 0 Å². The number of halogens is 1. The number of hydrogen-bond acceptors (Lipinski definition) is 2. The second kappa shape index (κ2) is 9.09. The highest BCUT2D eigenvalue weighted by atomic mass is 79.9. The quantitative estimate of drug-likeness (QED) is 0.384. The Bertz CT molecular complexity index is 1180. The lowest BCUT2D eigenvalue weighted by molar-refractivity contribution is 0.0938. The third-order valence-electron chi connectivity index (χ3n) is 4.92. The number of aromatic nitrogens is 2. The van der Waals surface area contributed by atoms with Gasteiger partial charge in [0.2, 0.25) is 0 Å². The van der Waals surface area contributed by atoms with Crippen molar-refractivity contribution in [3.8, 4) is 0 Å². The molecule has 1 atom stereocenters. The second-order valence-electron chi connectivity index (χ2n) is 7.08. The van der Waals surface area contributed by atoms with Crippen LogP contribution in [0.4, 0.5) is 0 Å². The van der Waals surface area contributed by atoms with Crippen molar-refractivity contribution in [2.24, 2.45) is 0 Å². The summed E-state index contributed by atoms with van der Waals surface area (Å²) in [6, 6.07) is 25.4. The van der Waals surface area contributed by atoms with Gasteiger partial charge in [-0.25, -0.2) is 4.98 Å². The van der Waals surface area contributed by atoms with Gasteiger partial charge in [-0.15, -0.1) is 0 Å². The molecule has 4 nitrogen and oxygen atoms in total. The first-order valence-electron chi connectivity index (χ1n) is 9.85. The number of benzene rings is 3. The van der Waals surface area contributed by atoms with E-state index in [1.807, 2.05) is 55.5 Å². The van der Waals surface area contributed by atoms with Crippen LogP contribution in [0.5, 0.6) is 0 Å². The van der Waals surface area contributed by atoms with E-state index in [1.165, 1.54) is 0 Å². The number of nitrogens with zero attached hydrogens (tertiary/aromatic N) is 2. The van der Waals surface area contributed by atoms with Crippen molar-refractivity contribution >= 4 is 38.9 Å². The Morgan fingerprint density at radius 1 is 1.03 bits per heavy atom. The molecule has 0 aliphatic carbocycles. The maximum Gasteiger partial charge on any atom is 0.251 e. The van der Waals surface area contributed by atoms with E-state index in [-0.39, 0.29) is 11.9 Å². The molecule has 1 amide bonds. The molecule has 0 aliphatic rings. The van der Waals surface area contributed by atoms with Gasteiger partial charge >= 0.3 is 0 Å². The number of hydrogen-bond donors (Lipinski definition) is 1. The number of fused-ring (bicyclic) bond motifs is 1. The summed E-state index contributed by atoms with van der Waals surface area (Å²) in [5, 5.41) is 3.08. The van der Waals surface area contributed by atoms with Gasteiger partial charge in [-0.3, -0.25) is 4.79 Å². The van der Waals surface area contributed by atoms with E-state index in [2.05, 4.69) is 56.2 Å². The average Bonchev–Trinajstić information content (AvgIpc) is 3.14. The standard InChI is InChI=1S/C25H22BrN3O/c1-18(27-25(30)20-13-15-21(26)16-14-20)24-28-22-11-5-6-12-23(22)29(24)17-7-10-19-8-3-2-4-9-19/h2-16,18H,17H2,1H3,(H,27,30)/b10-7+. The van der Waals surface area contributed by atoms with Gasteiger partial charge < -0.3 is 9.88 Å². The predicted molar refractivity (Wildman–Crippen MR) is 125 cm³/mol. The molecule has 1 N–H and O–H groups in total. The fourth-order valence-corrected chi connectivity index (χ4v) is 3.69. The van der Waals surface area contributed by atoms with Gasteiger partial charge in [0, 0.05) is 16.6 Å². The molecule has 1 heterocycles.